The number of Topliss-reactive ketones (excluding diaryl/α,β-unsaturated/α-hetero) is 1. The molecule has 33 heavy (non-hydrogen) atoms. The van der Waals surface area contributed by atoms with Crippen LogP contribution >= 0.6 is 0 Å². The summed E-state index contributed by atoms with van der Waals surface area (Å²) < 4.78 is 28.6. The third-order valence-corrected chi connectivity index (χ3v) is 7.24. The summed E-state index contributed by atoms with van der Waals surface area (Å²) in [7, 11) is -3.67. The molecular weight excluding hydrogens is 430 g/mol. The number of nitrogens with one attached hydrogen (secondary N) is 1. The number of ketones is 1. The maximum atomic E-state index is 12.9. The molecule has 0 radical (unpaired) electrons. The van der Waals surface area contributed by atoms with Crippen LogP contribution in [0.5, 0.6) is 0 Å². The van der Waals surface area contributed by atoms with E-state index in [4.69, 9.17) is 0 Å². The first kappa shape index (κ1) is 22.9. The molecule has 0 saturated heterocycles. The Morgan fingerprint density at radius 3 is 2.18 bits per heavy atom. The lowest BCUT2D eigenvalue weighted by Crippen LogP contribution is -2.26. The lowest BCUT2D eigenvalue weighted by molar-refractivity contribution is -0.117. The van der Waals surface area contributed by atoms with Crippen molar-refractivity contribution in [2.24, 2.45) is 0 Å². The van der Waals surface area contributed by atoms with Crippen LogP contribution in [0.1, 0.15) is 35.2 Å². The summed E-state index contributed by atoms with van der Waals surface area (Å²) >= 11 is 0. The molecule has 0 fully saturated rings. The van der Waals surface area contributed by atoms with Crippen LogP contribution in [0.2, 0.25) is 0 Å². The van der Waals surface area contributed by atoms with Gasteiger partial charge in [-0.1, -0.05) is 84.4 Å². The van der Waals surface area contributed by atoms with E-state index in [1.54, 1.807) is 18.2 Å². The predicted octanol–water partition coefficient (Wildman–Crippen LogP) is 5.54. The van der Waals surface area contributed by atoms with Gasteiger partial charge in [0.2, 0.25) is 10.0 Å². The van der Waals surface area contributed by atoms with Crippen molar-refractivity contribution in [2.75, 3.05) is 0 Å². The first-order valence-corrected chi connectivity index (χ1v) is 12.5. The molecule has 4 nitrogen and oxygen atoms in total. The monoisotopic (exact) mass is 457 g/mol. The van der Waals surface area contributed by atoms with Crippen molar-refractivity contribution in [3.8, 4) is 0 Å². The Morgan fingerprint density at radius 2 is 1.45 bits per heavy atom. The summed E-state index contributed by atoms with van der Waals surface area (Å²) in [6, 6.07) is 27.9. The minimum Gasteiger partial charge on any atom is -0.299 e. The number of sulfonamides is 1. The summed E-state index contributed by atoms with van der Waals surface area (Å²) in [6.45, 7) is 3.84. The predicted molar refractivity (Wildman–Crippen MR) is 133 cm³/mol. The number of aryl methyl sites for hydroxylation is 1. The molecule has 0 aliphatic rings. The number of fused-ring (bicyclic) bond motifs is 1. The highest BCUT2D eigenvalue weighted by Crippen LogP contribution is 2.23. The quantitative estimate of drug-likeness (QED) is 0.378. The van der Waals surface area contributed by atoms with Crippen LogP contribution in [0.4, 0.5) is 0 Å². The number of hydrogen-bond donors (Lipinski definition) is 1. The van der Waals surface area contributed by atoms with E-state index in [1.807, 2.05) is 86.6 Å². The van der Waals surface area contributed by atoms with Gasteiger partial charge in [-0.2, -0.15) is 0 Å². The largest absolute Gasteiger partial charge is 0.299 e. The molecule has 0 bridgehead atoms. The first-order chi connectivity index (χ1) is 15.8. The molecule has 1 unspecified atom stereocenters. The second-order valence-corrected chi connectivity index (χ2v) is 10.2. The molecule has 0 aliphatic heterocycles. The first-order valence-electron chi connectivity index (χ1n) is 11.0. The number of benzene rings is 4. The van der Waals surface area contributed by atoms with E-state index in [2.05, 4.69) is 4.72 Å². The average Bonchev–Trinajstić information content (AvgIpc) is 2.79. The van der Waals surface area contributed by atoms with Crippen molar-refractivity contribution in [1.29, 1.82) is 0 Å². The van der Waals surface area contributed by atoms with E-state index < -0.39 is 10.0 Å². The maximum absolute atomic E-state index is 12.9. The van der Waals surface area contributed by atoms with E-state index in [0.717, 1.165) is 33.0 Å². The molecule has 5 heteroatoms. The van der Waals surface area contributed by atoms with Gasteiger partial charge >= 0.3 is 0 Å². The Bertz CT molecular complexity index is 1400. The van der Waals surface area contributed by atoms with Crippen molar-refractivity contribution in [3.63, 3.8) is 0 Å². The van der Waals surface area contributed by atoms with Crippen molar-refractivity contribution >= 4 is 26.6 Å². The van der Waals surface area contributed by atoms with E-state index >= 15 is 0 Å². The Balaban J connectivity index is 1.48. The lowest BCUT2D eigenvalue weighted by atomic mass is 9.99. The molecule has 1 atom stereocenters. The smallest absolute Gasteiger partial charge is 0.241 e. The van der Waals surface area contributed by atoms with Gasteiger partial charge in [0.05, 0.1) is 4.90 Å². The summed E-state index contributed by atoms with van der Waals surface area (Å²) in [4.78, 5) is 12.8. The highest BCUT2D eigenvalue weighted by Gasteiger charge is 2.19. The zero-order valence-corrected chi connectivity index (χ0v) is 19.6. The number of carbonyl (C=O) groups is 1. The van der Waals surface area contributed by atoms with Crippen LogP contribution in [0, 0.1) is 6.92 Å². The fraction of sp³-hybridized carbons (Fsp3) is 0.179. The average molecular weight is 458 g/mol. The third kappa shape index (κ3) is 5.75. The second-order valence-electron chi connectivity index (χ2n) is 8.48. The normalized spacial score (nSPS) is 12.5. The minimum atomic E-state index is -3.67. The Morgan fingerprint density at radius 1 is 0.788 bits per heavy atom. The molecule has 4 aromatic carbocycles. The van der Waals surface area contributed by atoms with Crippen LogP contribution in [-0.2, 0) is 27.7 Å². The van der Waals surface area contributed by atoms with Gasteiger partial charge in [0.25, 0.3) is 0 Å². The van der Waals surface area contributed by atoms with Gasteiger partial charge in [-0.25, -0.2) is 13.1 Å². The van der Waals surface area contributed by atoms with Crippen molar-refractivity contribution < 1.29 is 13.2 Å². The molecule has 0 amide bonds. The minimum absolute atomic E-state index is 0.151. The summed E-state index contributed by atoms with van der Waals surface area (Å²) in [5, 5.41) is 1.73. The SMILES string of the molecule is Cc1cccc(CC(=O)Cc2ccc3cc(S(=O)(=O)NC(C)c4ccccc4)ccc3c2)c1. The van der Waals surface area contributed by atoms with Gasteiger partial charge in [0, 0.05) is 18.9 Å². The lowest BCUT2D eigenvalue weighted by Gasteiger charge is -2.15. The van der Waals surface area contributed by atoms with Crippen molar-refractivity contribution in [2.45, 2.75) is 37.6 Å². The zero-order valence-electron chi connectivity index (χ0n) is 18.8. The van der Waals surface area contributed by atoms with E-state index in [-0.39, 0.29) is 16.7 Å². The standard InChI is InChI=1S/C28H27NO3S/c1-20-7-6-8-22(15-20)17-27(30)18-23-11-12-26-19-28(14-13-25(26)16-23)33(31,32)29-21(2)24-9-4-3-5-10-24/h3-16,19,21,29H,17-18H2,1-2H3. The van der Waals surface area contributed by atoms with Crippen LogP contribution in [0.25, 0.3) is 10.8 Å². The maximum Gasteiger partial charge on any atom is 0.241 e. The van der Waals surface area contributed by atoms with Crippen molar-refractivity contribution in [3.05, 3.63) is 113 Å². The van der Waals surface area contributed by atoms with E-state index in [1.165, 1.54) is 0 Å². The molecule has 4 aromatic rings. The van der Waals surface area contributed by atoms with Crippen LogP contribution < -0.4 is 4.72 Å². The summed E-state index contributed by atoms with van der Waals surface area (Å²) in [5.74, 6) is 0.151. The molecule has 0 aliphatic carbocycles. The molecule has 0 saturated carbocycles. The highest BCUT2D eigenvalue weighted by atomic mass is 32.2. The van der Waals surface area contributed by atoms with E-state index in [9.17, 15) is 13.2 Å². The molecular formula is C28H27NO3S. The van der Waals surface area contributed by atoms with Crippen LogP contribution in [0.15, 0.2) is 95.9 Å². The number of carbonyl (C=O) groups excluding carboxylic acids is 1. The Hall–Kier alpha value is -3.28. The summed E-state index contributed by atoms with van der Waals surface area (Å²) in [6.07, 6.45) is 0.752. The second kappa shape index (κ2) is 9.69. The Kier molecular flexibility index (Phi) is 6.72. The number of hydrogen-bond acceptors (Lipinski definition) is 3. The van der Waals surface area contributed by atoms with Crippen LogP contribution in [0.3, 0.4) is 0 Å². The topological polar surface area (TPSA) is 63.2 Å². The van der Waals surface area contributed by atoms with E-state index in [0.29, 0.717) is 12.8 Å². The highest BCUT2D eigenvalue weighted by molar-refractivity contribution is 7.89. The fourth-order valence-corrected chi connectivity index (χ4v) is 5.27. The molecule has 1 N–H and O–H groups in total. The summed E-state index contributed by atoms with van der Waals surface area (Å²) in [5.41, 5.74) is 3.99. The molecule has 0 spiro atoms. The molecule has 0 aromatic heterocycles. The fourth-order valence-electron chi connectivity index (χ4n) is 4.00. The molecule has 4 rings (SSSR count). The molecule has 168 valence electrons. The van der Waals surface area contributed by atoms with Gasteiger partial charge in [0.1, 0.15) is 5.78 Å². The van der Waals surface area contributed by atoms with Gasteiger partial charge in [-0.05, 0) is 53.4 Å². The van der Waals surface area contributed by atoms with Crippen molar-refractivity contribution in [1.82, 2.24) is 4.72 Å². The van der Waals surface area contributed by atoms with Gasteiger partial charge in [0.15, 0.2) is 0 Å². The third-order valence-electron chi connectivity index (χ3n) is 5.70. The van der Waals surface area contributed by atoms with Gasteiger partial charge in [-0.15, -0.1) is 0 Å². The molecule has 0 heterocycles. The Labute approximate surface area is 195 Å². The van der Waals surface area contributed by atoms with Gasteiger partial charge < -0.3 is 0 Å². The number of rotatable bonds is 8. The zero-order chi connectivity index (χ0) is 23.4. The van der Waals surface area contributed by atoms with Gasteiger partial charge in [-0.3, -0.25) is 4.79 Å². The van der Waals surface area contributed by atoms with Crippen LogP contribution in [-0.4, -0.2) is 14.2 Å².